The molecule has 17 heteroatoms. The minimum Gasteiger partial charge on any atom is -0.508 e. The molecule has 0 radical (unpaired) electrons. The maximum Gasteiger partial charge on any atom is 0.329 e. The van der Waals surface area contributed by atoms with Crippen molar-refractivity contribution in [3.63, 3.8) is 0 Å². The van der Waals surface area contributed by atoms with Crippen LogP contribution < -0.4 is 19.9 Å². The lowest BCUT2D eigenvalue weighted by Gasteiger charge is -2.56. The van der Waals surface area contributed by atoms with Crippen molar-refractivity contribution in [3.8, 4) is 22.9 Å². The summed E-state index contributed by atoms with van der Waals surface area (Å²) in [4.78, 5) is 43.0. The second-order valence-corrected chi connectivity index (χ2v) is 23.0. The number of anilines is 2. The van der Waals surface area contributed by atoms with Gasteiger partial charge in [-0.25, -0.2) is 18.0 Å². The van der Waals surface area contributed by atoms with E-state index >= 15 is 13.2 Å². The van der Waals surface area contributed by atoms with Gasteiger partial charge in [0.25, 0.3) is 0 Å². The van der Waals surface area contributed by atoms with Crippen LogP contribution >= 0.6 is 0 Å². The lowest BCUT2D eigenvalue weighted by Crippen LogP contribution is -2.56. The largest absolute Gasteiger partial charge is 0.508 e. The maximum absolute atomic E-state index is 17.3. The summed E-state index contributed by atoms with van der Waals surface area (Å²) in [6, 6.07) is 13.3. The summed E-state index contributed by atoms with van der Waals surface area (Å²) >= 11 is 0. The van der Waals surface area contributed by atoms with Crippen molar-refractivity contribution in [3.05, 3.63) is 77.1 Å². The topological polar surface area (TPSA) is 141 Å². The molecule has 0 unspecified atom stereocenters. The first-order valence-electron chi connectivity index (χ1n) is 27.0. The number of fused-ring (bicyclic) bond motifs is 3. The van der Waals surface area contributed by atoms with Gasteiger partial charge in [0.2, 0.25) is 5.91 Å². The average Bonchev–Trinajstić information content (AvgIpc) is 4.08. The number of amides is 3. The molecule has 5 aliphatic heterocycles. The lowest BCUT2D eigenvalue weighted by atomic mass is 9.59. The number of nitrogens with one attached hydrogen (secondary N) is 1. The van der Waals surface area contributed by atoms with Crippen LogP contribution in [0.4, 0.5) is 29.6 Å². The number of hydrogen-bond acceptors (Lipinski definition) is 11. The van der Waals surface area contributed by atoms with Gasteiger partial charge in [0.1, 0.15) is 28.7 Å². The van der Waals surface area contributed by atoms with Crippen LogP contribution in [0, 0.1) is 28.3 Å². The minimum absolute atomic E-state index is 0.0273. The van der Waals surface area contributed by atoms with Crippen molar-refractivity contribution >= 4 is 56.2 Å². The number of aryl methyl sites for hydroxylation is 2. The molecule has 6 aromatic rings. The van der Waals surface area contributed by atoms with E-state index in [1.807, 2.05) is 26.1 Å². The van der Waals surface area contributed by atoms with Gasteiger partial charge in [-0.05, 0) is 172 Å². The number of imide groups is 1. The second-order valence-electron chi connectivity index (χ2n) is 23.0. The molecule has 7 aliphatic rings. The molecule has 2 spiro atoms. The van der Waals surface area contributed by atoms with Gasteiger partial charge in [-0.1, -0.05) is 19.1 Å². The van der Waals surface area contributed by atoms with Gasteiger partial charge >= 0.3 is 12.0 Å². The molecule has 2 aliphatic carbocycles. The normalized spacial score (nSPS) is 23.5. The highest BCUT2D eigenvalue weighted by atomic mass is 19.1. The van der Waals surface area contributed by atoms with Crippen molar-refractivity contribution in [1.82, 2.24) is 34.9 Å². The van der Waals surface area contributed by atoms with E-state index < -0.39 is 11.8 Å². The quantitative estimate of drug-likeness (QED) is 0.128. The Kier molecular flexibility index (Phi) is 11.6. The zero-order chi connectivity index (χ0) is 50.7. The molecule has 5 saturated heterocycles. The van der Waals surface area contributed by atoms with E-state index in [2.05, 4.69) is 25.1 Å². The predicted octanol–water partition coefficient (Wildman–Crippen LogP) is 9.51. The number of piperidine rings is 3. The zero-order valence-corrected chi connectivity index (χ0v) is 42.3. The van der Waals surface area contributed by atoms with Crippen LogP contribution in [0.1, 0.15) is 101 Å². The van der Waals surface area contributed by atoms with E-state index in [1.54, 1.807) is 22.9 Å². The molecule has 13 rings (SSSR count). The van der Waals surface area contributed by atoms with E-state index in [-0.39, 0.29) is 70.3 Å². The van der Waals surface area contributed by atoms with Gasteiger partial charge in [0.05, 0.1) is 24.3 Å². The highest BCUT2D eigenvalue weighted by Crippen LogP contribution is 2.54. The molecular formula is C57H64F3N9O5. The van der Waals surface area contributed by atoms with Crippen molar-refractivity contribution in [2.75, 3.05) is 75.4 Å². The van der Waals surface area contributed by atoms with Gasteiger partial charge in [0, 0.05) is 73.9 Å². The van der Waals surface area contributed by atoms with Crippen molar-refractivity contribution < 1.29 is 37.3 Å². The van der Waals surface area contributed by atoms with Crippen LogP contribution in [0.15, 0.2) is 48.5 Å². The zero-order valence-electron chi connectivity index (χ0n) is 42.3. The van der Waals surface area contributed by atoms with E-state index in [9.17, 15) is 14.7 Å². The summed E-state index contributed by atoms with van der Waals surface area (Å²) in [5.41, 5.74) is 2.83. The summed E-state index contributed by atoms with van der Waals surface area (Å²) in [6.07, 6.45) is 12.1. The summed E-state index contributed by atoms with van der Waals surface area (Å²) in [6.45, 7) is 9.56. The Balaban J connectivity index is 0.657. The number of carbonyl (C=O) groups excluding carboxylic acids is 2. The Hall–Kier alpha value is -6.04. The highest BCUT2D eigenvalue weighted by Gasteiger charge is 2.51. The second kappa shape index (κ2) is 18.1. The molecule has 2 saturated carbocycles. The van der Waals surface area contributed by atoms with Gasteiger partial charge in [0.15, 0.2) is 11.6 Å². The molecule has 74 heavy (non-hydrogen) atoms. The van der Waals surface area contributed by atoms with Crippen LogP contribution in [0.5, 0.6) is 11.8 Å². The van der Waals surface area contributed by atoms with Crippen LogP contribution in [0.3, 0.4) is 0 Å². The van der Waals surface area contributed by atoms with Crippen LogP contribution in [-0.2, 0) is 23.0 Å². The number of benzene rings is 4. The fraction of sp³-hybridized carbons (Fsp3) is 0.526. The van der Waals surface area contributed by atoms with E-state index in [0.717, 1.165) is 96.3 Å². The maximum atomic E-state index is 17.3. The number of aromatic hydroxyl groups is 1. The van der Waals surface area contributed by atoms with Crippen LogP contribution in [-0.4, -0.2) is 124 Å². The number of halogens is 3. The monoisotopic (exact) mass is 1010 g/mol. The van der Waals surface area contributed by atoms with E-state index in [1.165, 1.54) is 48.8 Å². The first-order chi connectivity index (χ1) is 35.8. The number of urea groups is 1. The Bertz CT molecular complexity index is 3240. The lowest BCUT2D eigenvalue weighted by molar-refractivity contribution is -0.151. The van der Waals surface area contributed by atoms with Crippen molar-refractivity contribution in [2.45, 2.75) is 108 Å². The molecule has 0 bridgehead atoms. The van der Waals surface area contributed by atoms with Gasteiger partial charge in [-0.3, -0.25) is 19.7 Å². The number of likely N-dealkylation sites (tertiary alicyclic amines) is 2. The number of hydrogen-bond donors (Lipinski definition) is 2. The predicted molar refractivity (Wildman–Crippen MR) is 276 cm³/mol. The number of phenolic OH excluding ortho intramolecular Hbond substituents is 1. The first-order valence-corrected chi connectivity index (χ1v) is 27.0. The molecule has 7 heterocycles. The smallest absolute Gasteiger partial charge is 0.329 e. The fourth-order valence-electron chi connectivity index (χ4n) is 13.8. The minimum atomic E-state index is -0.565. The summed E-state index contributed by atoms with van der Waals surface area (Å²) in [5.74, 6) is -0.461. The van der Waals surface area contributed by atoms with Crippen molar-refractivity contribution in [2.24, 2.45) is 17.9 Å². The third-order valence-corrected chi connectivity index (χ3v) is 18.4. The summed E-state index contributed by atoms with van der Waals surface area (Å²) < 4.78 is 62.9. The third kappa shape index (κ3) is 8.31. The molecule has 3 amide bonds. The molecule has 4 aromatic carbocycles. The van der Waals surface area contributed by atoms with Gasteiger partial charge in [-0.15, -0.1) is 0 Å². The Morgan fingerprint density at radius 3 is 2.38 bits per heavy atom. The third-order valence-electron chi connectivity index (χ3n) is 18.4. The van der Waals surface area contributed by atoms with Gasteiger partial charge < -0.3 is 29.3 Å². The standard InChI is InChI=1S/C57H64F3N9O5/c1-3-38-44(58)8-5-35-25-37(70)26-42(48(35)38)39-6-7-40-50(49(39)60)62-53(63-51(40)68-18-4-12-57(32-68)17-24-74-57)73-33-56(13-14-56)31-66-22-15-55(16-23-66)29-36(30-55)67-19-9-34(10-20-67)41-28-46-43(27-45(41)59)52(64-65(46)2)69-21-11-47(71)61-54(69)72/h5-8,25-28,34,36,70H,3-4,9-24,29-33H2,1-2H3,(H,61,71,72)/t57-/m0/s1. The number of rotatable bonds is 11. The molecule has 2 N–H and O–H groups in total. The van der Waals surface area contributed by atoms with E-state index in [0.29, 0.717) is 80.9 Å². The molecular weight excluding hydrogens is 948 g/mol. The number of phenols is 1. The average molecular weight is 1010 g/mol. The molecule has 14 nitrogen and oxygen atoms in total. The fourth-order valence-corrected chi connectivity index (χ4v) is 13.8. The number of aromatic nitrogens is 4. The summed E-state index contributed by atoms with van der Waals surface area (Å²) in [5, 5.41) is 20.1. The van der Waals surface area contributed by atoms with Gasteiger partial charge in [-0.2, -0.15) is 15.1 Å². The Morgan fingerprint density at radius 1 is 0.851 bits per heavy atom. The number of ether oxygens (including phenoxy) is 2. The number of carbonyl (C=O) groups is 2. The first kappa shape index (κ1) is 47.7. The van der Waals surface area contributed by atoms with Crippen LogP contribution in [0.25, 0.3) is 43.7 Å². The Labute approximate surface area is 428 Å². The van der Waals surface area contributed by atoms with Crippen LogP contribution in [0.2, 0.25) is 0 Å². The van der Waals surface area contributed by atoms with Crippen molar-refractivity contribution in [1.29, 1.82) is 0 Å². The Morgan fingerprint density at radius 2 is 1.65 bits per heavy atom. The molecule has 7 fully saturated rings. The van der Waals surface area contributed by atoms with E-state index in [4.69, 9.17) is 19.4 Å². The molecule has 2 aromatic heterocycles. The SMILES string of the molecule is CCc1c(F)ccc2cc(O)cc(-c3ccc4c(N5CCC[C@]6(CCO6)C5)nc(OCC5(CN6CCC7(CC6)CC(N6CCC(c8cc9c(cc8F)c(N8CCC(=O)NC8=O)nn9C)CC6)C7)CC5)nc4c3F)c12. The number of nitrogens with zero attached hydrogens (tertiary/aromatic N) is 8. The highest BCUT2D eigenvalue weighted by molar-refractivity contribution is 6.09. The summed E-state index contributed by atoms with van der Waals surface area (Å²) in [7, 11) is 1.81. The molecule has 1 atom stereocenters. The molecule has 388 valence electrons.